The Morgan fingerprint density at radius 2 is 1.19 bits per heavy atom. The second kappa shape index (κ2) is 6.59. The number of benzene rings is 2. The minimum atomic E-state index is -2.17. The quantitative estimate of drug-likeness (QED) is 0.763. The summed E-state index contributed by atoms with van der Waals surface area (Å²) >= 11 is 0. The van der Waals surface area contributed by atoms with Crippen LogP contribution in [0.5, 0.6) is 0 Å². The van der Waals surface area contributed by atoms with Crippen LogP contribution in [0, 0.1) is 13.8 Å². The fourth-order valence-electron chi connectivity index (χ4n) is 3.00. The molecule has 0 N–H and O–H groups in total. The van der Waals surface area contributed by atoms with E-state index in [-0.39, 0.29) is 0 Å². The lowest BCUT2D eigenvalue weighted by molar-refractivity contribution is 0.332. The molecular formula is C19H26OSi. The first kappa shape index (κ1) is 16.0. The Hall–Kier alpha value is -1.38. The predicted octanol–water partition coefficient (Wildman–Crippen LogP) is 3.81. The third-order valence-corrected chi connectivity index (χ3v) is 8.90. The fourth-order valence-corrected chi connectivity index (χ4v) is 7.11. The van der Waals surface area contributed by atoms with E-state index < -0.39 is 8.32 Å². The Bertz CT molecular complexity index is 524. The number of aryl methyl sites for hydroxylation is 2. The van der Waals surface area contributed by atoms with Crippen LogP contribution in [0.15, 0.2) is 48.5 Å². The topological polar surface area (TPSA) is 9.23 Å². The Kier molecular flexibility index (Phi) is 5.02. The van der Waals surface area contributed by atoms with Gasteiger partial charge in [0.1, 0.15) is 0 Å². The molecule has 0 saturated heterocycles. The van der Waals surface area contributed by atoms with Crippen LogP contribution in [0.4, 0.5) is 0 Å². The van der Waals surface area contributed by atoms with E-state index in [9.17, 15) is 0 Å². The van der Waals surface area contributed by atoms with Gasteiger partial charge in [0, 0.05) is 6.61 Å². The molecule has 1 nitrogen and oxygen atoms in total. The van der Waals surface area contributed by atoms with Gasteiger partial charge in [-0.25, -0.2) is 0 Å². The van der Waals surface area contributed by atoms with Crippen LogP contribution in [0.25, 0.3) is 0 Å². The normalized spacial score (nSPS) is 11.9. The maximum atomic E-state index is 6.48. The minimum absolute atomic E-state index is 0.489. The lowest BCUT2D eigenvalue weighted by atomic mass is 10.2. The zero-order chi connectivity index (χ0) is 15.5. The molecule has 21 heavy (non-hydrogen) atoms. The zero-order valence-electron chi connectivity index (χ0n) is 13.8. The molecule has 112 valence electrons. The molecule has 0 atom stereocenters. The minimum Gasteiger partial charge on any atom is -0.408 e. The number of hydrogen-bond acceptors (Lipinski definition) is 1. The highest BCUT2D eigenvalue weighted by Crippen LogP contribution is 2.23. The molecule has 2 heteroatoms. The summed E-state index contributed by atoms with van der Waals surface area (Å²) in [7, 11) is -2.17. The van der Waals surface area contributed by atoms with Gasteiger partial charge in [-0.3, -0.25) is 0 Å². The van der Waals surface area contributed by atoms with Gasteiger partial charge < -0.3 is 4.43 Å². The van der Waals surface area contributed by atoms with E-state index in [2.05, 4.69) is 83.1 Å². The van der Waals surface area contributed by atoms with Crippen LogP contribution in [0.1, 0.15) is 31.9 Å². The van der Waals surface area contributed by atoms with Crippen LogP contribution in [-0.4, -0.2) is 14.9 Å². The highest BCUT2D eigenvalue weighted by molar-refractivity contribution is 6.98. The molecule has 2 aromatic carbocycles. The van der Waals surface area contributed by atoms with E-state index in [1.165, 1.54) is 21.5 Å². The maximum Gasteiger partial charge on any atom is 0.258 e. The summed E-state index contributed by atoms with van der Waals surface area (Å²) in [6, 6.07) is 17.8. The monoisotopic (exact) mass is 298 g/mol. The predicted molar refractivity (Wildman–Crippen MR) is 94.1 cm³/mol. The van der Waals surface area contributed by atoms with Crippen molar-refractivity contribution in [3.05, 3.63) is 59.7 Å². The van der Waals surface area contributed by atoms with Crippen molar-refractivity contribution in [3.8, 4) is 0 Å². The summed E-state index contributed by atoms with van der Waals surface area (Å²) in [5.74, 6) is 0. The maximum absolute atomic E-state index is 6.48. The van der Waals surface area contributed by atoms with Gasteiger partial charge in [-0.1, -0.05) is 73.5 Å². The molecule has 0 aliphatic carbocycles. The molecule has 0 heterocycles. The van der Waals surface area contributed by atoms with Gasteiger partial charge in [0.2, 0.25) is 0 Å². The molecule has 0 bridgehead atoms. The van der Waals surface area contributed by atoms with Crippen molar-refractivity contribution in [1.29, 1.82) is 0 Å². The van der Waals surface area contributed by atoms with Crippen molar-refractivity contribution in [2.24, 2.45) is 0 Å². The van der Waals surface area contributed by atoms with Gasteiger partial charge in [0.25, 0.3) is 8.32 Å². The Labute approximate surface area is 130 Å². The molecule has 0 amide bonds. The third kappa shape index (κ3) is 3.12. The molecule has 0 unspecified atom stereocenters. The first-order chi connectivity index (χ1) is 10.0. The van der Waals surface area contributed by atoms with Gasteiger partial charge in [0.15, 0.2) is 0 Å². The highest BCUT2D eigenvalue weighted by Gasteiger charge is 2.42. The van der Waals surface area contributed by atoms with Crippen LogP contribution < -0.4 is 10.4 Å². The average Bonchev–Trinajstić information content (AvgIpc) is 2.46. The SMILES string of the molecule is CCO[Si](c1ccc(C)cc1)(c1ccc(C)cc1)C(C)C. The van der Waals surface area contributed by atoms with E-state index in [4.69, 9.17) is 4.43 Å². The van der Waals surface area contributed by atoms with Crippen molar-refractivity contribution in [1.82, 2.24) is 0 Å². The van der Waals surface area contributed by atoms with Crippen LogP contribution in [0.3, 0.4) is 0 Å². The van der Waals surface area contributed by atoms with E-state index in [1.54, 1.807) is 0 Å². The summed E-state index contributed by atoms with van der Waals surface area (Å²) in [4.78, 5) is 0. The molecule has 2 rings (SSSR count). The van der Waals surface area contributed by atoms with Gasteiger partial charge in [-0.2, -0.15) is 0 Å². The summed E-state index contributed by atoms with van der Waals surface area (Å²) in [6.07, 6.45) is 0. The highest BCUT2D eigenvalue weighted by atomic mass is 28.4. The van der Waals surface area contributed by atoms with E-state index in [0.29, 0.717) is 5.54 Å². The summed E-state index contributed by atoms with van der Waals surface area (Å²) in [6.45, 7) is 11.7. The van der Waals surface area contributed by atoms with Crippen molar-refractivity contribution in [2.75, 3.05) is 6.61 Å². The van der Waals surface area contributed by atoms with Gasteiger partial charge in [-0.15, -0.1) is 0 Å². The van der Waals surface area contributed by atoms with E-state index in [0.717, 1.165) is 6.61 Å². The van der Waals surface area contributed by atoms with E-state index >= 15 is 0 Å². The molecule has 0 aliphatic rings. The van der Waals surface area contributed by atoms with Gasteiger partial charge >= 0.3 is 0 Å². The van der Waals surface area contributed by atoms with Crippen LogP contribution in [-0.2, 0) is 4.43 Å². The summed E-state index contributed by atoms with van der Waals surface area (Å²) < 4.78 is 6.48. The van der Waals surface area contributed by atoms with Crippen molar-refractivity contribution < 1.29 is 4.43 Å². The van der Waals surface area contributed by atoms with Gasteiger partial charge in [0.05, 0.1) is 0 Å². The lowest BCUT2D eigenvalue weighted by Gasteiger charge is -2.36. The molecule has 0 saturated carbocycles. The van der Waals surface area contributed by atoms with Crippen LogP contribution >= 0.6 is 0 Å². The summed E-state index contributed by atoms with van der Waals surface area (Å²) in [5.41, 5.74) is 3.08. The zero-order valence-corrected chi connectivity index (χ0v) is 14.8. The molecule has 2 aromatic rings. The number of rotatable bonds is 5. The molecule has 0 aromatic heterocycles. The van der Waals surface area contributed by atoms with Crippen molar-refractivity contribution in [2.45, 2.75) is 40.2 Å². The smallest absolute Gasteiger partial charge is 0.258 e. The van der Waals surface area contributed by atoms with Crippen molar-refractivity contribution in [3.63, 3.8) is 0 Å². The van der Waals surface area contributed by atoms with Gasteiger partial charge in [-0.05, 0) is 36.7 Å². The standard InChI is InChI=1S/C19H26OSi/c1-6-20-21(15(2)3,18-11-7-16(4)8-12-18)19-13-9-17(5)10-14-19/h7-15H,6H2,1-5H3. The second-order valence-corrected chi connectivity index (χ2v) is 10.1. The molecule has 0 aliphatic heterocycles. The largest absolute Gasteiger partial charge is 0.408 e. The molecule has 0 spiro atoms. The lowest BCUT2D eigenvalue weighted by Crippen LogP contribution is -2.63. The number of hydrogen-bond donors (Lipinski definition) is 0. The fraction of sp³-hybridized carbons (Fsp3) is 0.368. The third-order valence-electron chi connectivity index (χ3n) is 4.15. The Morgan fingerprint density at radius 1 is 0.810 bits per heavy atom. The molecular weight excluding hydrogens is 272 g/mol. The second-order valence-electron chi connectivity index (χ2n) is 6.06. The van der Waals surface area contributed by atoms with Crippen LogP contribution in [0.2, 0.25) is 5.54 Å². The van der Waals surface area contributed by atoms with Crippen molar-refractivity contribution >= 4 is 18.7 Å². The average molecular weight is 299 g/mol. The Balaban J connectivity index is 2.62. The first-order valence-corrected chi connectivity index (χ1v) is 9.77. The Morgan fingerprint density at radius 3 is 1.48 bits per heavy atom. The van der Waals surface area contributed by atoms with E-state index in [1.807, 2.05) is 0 Å². The molecule has 0 fully saturated rings. The summed E-state index contributed by atoms with van der Waals surface area (Å²) in [5, 5.41) is 2.74. The molecule has 0 radical (unpaired) electrons. The first-order valence-electron chi connectivity index (χ1n) is 7.79.